The van der Waals surface area contributed by atoms with Crippen molar-refractivity contribution in [1.29, 1.82) is 0 Å². The second kappa shape index (κ2) is 6.50. The number of amidine groups is 1. The van der Waals surface area contributed by atoms with E-state index in [9.17, 15) is 0 Å². The average molecular weight is 310 g/mol. The molecule has 4 nitrogen and oxygen atoms in total. The van der Waals surface area contributed by atoms with E-state index in [2.05, 4.69) is 10.5 Å². The highest BCUT2D eigenvalue weighted by atomic mass is 35.5. The van der Waals surface area contributed by atoms with Gasteiger partial charge in [-0.2, -0.15) is 0 Å². The van der Waals surface area contributed by atoms with Crippen LogP contribution in [0.3, 0.4) is 0 Å². The number of oxime groups is 1. The van der Waals surface area contributed by atoms with E-state index in [0.717, 1.165) is 11.3 Å². The van der Waals surface area contributed by atoms with Gasteiger partial charge in [-0.05, 0) is 23.8 Å². The molecule has 0 aliphatic carbocycles. The molecule has 0 unspecified atom stereocenters. The summed E-state index contributed by atoms with van der Waals surface area (Å²) >= 11 is 11.9. The van der Waals surface area contributed by atoms with E-state index in [0.29, 0.717) is 22.2 Å². The molecule has 2 rings (SSSR count). The van der Waals surface area contributed by atoms with Crippen molar-refractivity contribution < 1.29 is 5.21 Å². The zero-order chi connectivity index (χ0) is 14.5. The van der Waals surface area contributed by atoms with E-state index in [-0.39, 0.29) is 5.84 Å². The molecular formula is C14H13Cl2N3O. The Morgan fingerprint density at radius 2 is 1.80 bits per heavy atom. The van der Waals surface area contributed by atoms with Crippen LogP contribution in [0.25, 0.3) is 0 Å². The summed E-state index contributed by atoms with van der Waals surface area (Å²) in [5.41, 5.74) is 8.02. The number of anilines is 1. The van der Waals surface area contributed by atoms with Gasteiger partial charge in [-0.3, -0.25) is 0 Å². The van der Waals surface area contributed by atoms with Gasteiger partial charge in [-0.15, -0.1) is 0 Å². The van der Waals surface area contributed by atoms with Crippen molar-refractivity contribution in [3.05, 3.63) is 63.6 Å². The van der Waals surface area contributed by atoms with Crippen LogP contribution >= 0.6 is 23.2 Å². The highest BCUT2D eigenvalue weighted by Crippen LogP contribution is 2.23. The van der Waals surface area contributed by atoms with Crippen molar-refractivity contribution in [2.24, 2.45) is 10.9 Å². The Labute approximate surface area is 126 Å². The maximum atomic E-state index is 8.78. The Hall–Kier alpha value is -1.91. The molecule has 20 heavy (non-hydrogen) atoms. The minimum atomic E-state index is 0.0755. The Balaban J connectivity index is 2.19. The fourth-order valence-corrected chi connectivity index (χ4v) is 2.36. The van der Waals surface area contributed by atoms with Crippen LogP contribution in [0.4, 0.5) is 5.69 Å². The van der Waals surface area contributed by atoms with Crippen molar-refractivity contribution in [3.63, 3.8) is 0 Å². The lowest BCUT2D eigenvalue weighted by Gasteiger charge is -2.11. The van der Waals surface area contributed by atoms with Crippen LogP contribution in [0, 0.1) is 0 Å². The van der Waals surface area contributed by atoms with Gasteiger partial charge in [0.05, 0.1) is 0 Å². The molecule has 4 N–H and O–H groups in total. The molecule has 2 aromatic carbocycles. The van der Waals surface area contributed by atoms with E-state index in [1.54, 1.807) is 24.3 Å². The predicted octanol–water partition coefficient (Wildman–Crippen LogP) is 3.70. The summed E-state index contributed by atoms with van der Waals surface area (Å²) in [5, 5.41) is 16.1. The first-order chi connectivity index (χ1) is 9.60. The number of nitrogens with zero attached hydrogens (tertiary/aromatic N) is 1. The molecule has 104 valence electrons. The fourth-order valence-electron chi connectivity index (χ4n) is 1.83. The molecular weight excluding hydrogens is 297 g/mol. The maximum Gasteiger partial charge on any atom is 0.170 e. The second-order valence-electron chi connectivity index (χ2n) is 4.15. The van der Waals surface area contributed by atoms with Gasteiger partial charge >= 0.3 is 0 Å². The second-order valence-corrected chi connectivity index (χ2v) is 5.03. The Morgan fingerprint density at radius 1 is 1.15 bits per heavy atom. The molecule has 0 spiro atoms. The molecule has 0 amide bonds. The topological polar surface area (TPSA) is 70.6 Å². The quantitative estimate of drug-likeness (QED) is 0.349. The van der Waals surface area contributed by atoms with E-state index in [1.165, 1.54) is 0 Å². The molecule has 0 bridgehead atoms. The molecule has 0 saturated carbocycles. The molecule has 0 heterocycles. The molecule has 0 radical (unpaired) electrons. The van der Waals surface area contributed by atoms with Gasteiger partial charge in [-0.1, -0.05) is 52.6 Å². The number of halogens is 2. The highest BCUT2D eigenvalue weighted by Gasteiger charge is 2.06. The summed E-state index contributed by atoms with van der Waals surface area (Å²) in [6.45, 7) is 0.503. The first kappa shape index (κ1) is 14.5. The van der Waals surface area contributed by atoms with E-state index in [1.807, 2.05) is 18.2 Å². The first-order valence-electron chi connectivity index (χ1n) is 5.86. The highest BCUT2D eigenvalue weighted by molar-refractivity contribution is 6.35. The Bertz CT molecular complexity index is 624. The zero-order valence-corrected chi connectivity index (χ0v) is 12.0. The summed E-state index contributed by atoms with van der Waals surface area (Å²) < 4.78 is 0. The monoisotopic (exact) mass is 309 g/mol. The molecule has 0 saturated heterocycles. The zero-order valence-electron chi connectivity index (χ0n) is 10.5. The maximum absolute atomic E-state index is 8.78. The SMILES string of the molecule is NC(=NO)c1ccccc1CNc1cc(Cl)cc(Cl)c1. The largest absolute Gasteiger partial charge is 0.409 e. The molecule has 6 heteroatoms. The first-order valence-corrected chi connectivity index (χ1v) is 6.61. The molecule has 0 aromatic heterocycles. The fraction of sp³-hybridized carbons (Fsp3) is 0.0714. The smallest absolute Gasteiger partial charge is 0.170 e. The Morgan fingerprint density at radius 3 is 2.45 bits per heavy atom. The third-order valence-corrected chi connectivity index (χ3v) is 3.18. The molecule has 2 aromatic rings. The van der Waals surface area contributed by atoms with Crippen LogP contribution in [0.5, 0.6) is 0 Å². The number of benzene rings is 2. The van der Waals surface area contributed by atoms with E-state index < -0.39 is 0 Å². The lowest BCUT2D eigenvalue weighted by atomic mass is 10.1. The van der Waals surface area contributed by atoms with Crippen molar-refractivity contribution in [2.75, 3.05) is 5.32 Å². The number of hydrogen-bond donors (Lipinski definition) is 3. The van der Waals surface area contributed by atoms with Gasteiger partial charge in [0.2, 0.25) is 0 Å². The average Bonchev–Trinajstić information content (AvgIpc) is 2.43. The van der Waals surface area contributed by atoms with Gasteiger partial charge in [0.15, 0.2) is 5.84 Å². The van der Waals surface area contributed by atoms with Crippen molar-refractivity contribution in [3.8, 4) is 0 Å². The molecule has 0 aliphatic rings. The van der Waals surface area contributed by atoms with Crippen LogP contribution < -0.4 is 11.1 Å². The van der Waals surface area contributed by atoms with Crippen LogP contribution in [0.1, 0.15) is 11.1 Å². The summed E-state index contributed by atoms with van der Waals surface area (Å²) in [6, 6.07) is 12.6. The number of rotatable bonds is 4. The summed E-state index contributed by atoms with van der Waals surface area (Å²) in [7, 11) is 0. The summed E-state index contributed by atoms with van der Waals surface area (Å²) in [5.74, 6) is 0.0755. The van der Waals surface area contributed by atoms with Crippen molar-refractivity contribution in [2.45, 2.75) is 6.54 Å². The third-order valence-electron chi connectivity index (χ3n) is 2.75. The summed E-state index contributed by atoms with van der Waals surface area (Å²) in [6.07, 6.45) is 0. The Kier molecular flexibility index (Phi) is 4.71. The van der Waals surface area contributed by atoms with Crippen LogP contribution in [-0.2, 0) is 6.54 Å². The molecule has 0 atom stereocenters. The van der Waals surface area contributed by atoms with Gasteiger partial charge in [-0.25, -0.2) is 0 Å². The minimum absolute atomic E-state index is 0.0755. The number of hydrogen-bond acceptors (Lipinski definition) is 3. The number of nitrogens with two attached hydrogens (primary N) is 1. The molecule has 0 fully saturated rings. The van der Waals surface area contributed by atoms with Crippen LogP contribution in [0.2, 0.25) is 10.0 Å². The number of nitrogens with one attached hydrogen (secondary N) is 1. The predicted molar refractivity (Wildman–Crippen MR) is 82.7 cm³/mol. The minimum Gasteiger partial charge on any atom is -0.409 e. The molecule has 0 aliphatic heterocycles. The van der Waals surface area contributed by atoms with Crippen molar-refractivity contribution in [1.82, 2.24) is 0 Å². The van der Waals surface area contributed by atoms with Gasteiger partial charge in [0.1, 0.15) is 0 Å². The third kappa shape index (κ3) is 3.56. The van der Waals surface area contributed by atoms with Gasteiger partial charge < -0.3 is 16.3 Å². The standard InChI is InChI=1S/C14H13Cl2N3O/c15-10-5-11(16)7-12(6-10)18-8-9-3-1-2-4-13(9)14(17)19-20/h1-7,18,20H,8H2,(H2,17,19). The van der Waals surface area contributed by atoms with Crippen molar-refractivity contribution >= 4 is 34.7 Å². The van der Waals surface area contributed by atoms with E-state index >= 15 is 0 Å². The normalized spacial score (nSPS) is 11.4. The summed E-state index contributed by atoms with van der Waals surface area (Å²) in [4.78, 5) is 0. The van der Waals surface area contributed by atoms with Crippen LogP contribution in [0.15, 0.2) is 47.6 Å². The van der Waals surface area contributed by atoms with E-state index in [4.69, 9.17) is 34.1 Å². The van der Waals surface area contributed by atoms with Gasteiger partial charge in [0.25, 0.3) is 0 Å². The van der Waals surface area contributed by atoms with Crippen LogP contribution in [-0.4, -0.2) is 11.0 Å². The lowest BCUT2D eigenvalue weighted by Crippen LogP contribution is -2.16. The van der Waals surface area contributed by atoms with Gasteiger partial charge in [0, 0.05) is 27.8 Å². The lowest BCUT2D eigenvalue weighted by molar-refractivity contribution is 0.318.